The Morgan fingerprint density at radius 2 is 1.74 bits per heavy atom. The predicted octanol–water partition coefficient (Wildman–Crippen LogP) is 2.73. The number of benzene rings is 3. The highest BCUT2D eigenvalue weighted by Gasteiger charge is 2.24. The quantitative estimate of drug-likeness (QED) is 0.279. The van der Waals surface area contributed by atoms with Gasteiger partial charge in [-0.05, 0) is 60.4 Å². The minimum Gasteiger partial charge on any atom is -0.394 e. The van der Waals surface area contributed by atoms with Crippen molar-refractivity contribution in [1.82, 2.24) is 10.6 Å². The van der Waals surface area contributed by atoms with E-state index < -0.39 is 27.5 Å². The molecule has 0 aliphatic rings. The normalized spacial score (nSPS) is 13.9. The van der Waals surface area contributed by atoms with Crippen LogP contribution in [-0.4, -0.2) is 51.4 Å². The Balaban J connectivity index is 1.79. The minimum absolute atomic E-state index is 0.235. The molecule has 0 saturated heterocycles. The lowest BCUT2D eigenvalue weighted by Gasteiger charge is -2.28. The number of hydrogen-bond acceptors (Lipinski definition) is 6. The molecule has 5 N–H and O–H groups in total. The van der Waals surface area contributed by atoms with Crippen LogP contribution in [0.25, 0.3) is 0 Å². The van der Waals surface area contributed by atoms with Gasteiger partial charge < -0.3 is 21.5 Å². The average Bonchev–Trinajstić information content (AvgIpc) is 2.88. The molecule has 1 amide bonds. The van der Waals surface area contributed by atoms with Gasteiger partial charge in [0.1, 0.15) is 5.82 Å². The summed E-state index contributed by atoms with van der Waals surface area (Å²) in [5, 5.41) is 16.1. The Morgan fingerprint density at radius 1 is 1.08 bits per heavy atom. The molecule has 3 rings (SSSR count). The van der Waals surface area contributed by atoms with Crippen molar-refractivity contribution in [3.8, 4) is 0 Å². The Labute approximate surface area is 223 Å². The summed E-state index contributed by atoms with van der Waals surface area (Å²) in [5.74, 6) is -0.771. The summed E-state index contributed by atoms with van der Waals surface area (Å²) < 4.78 is 38.8. The van der Waals surface area contributed by atoms with Gasteiger partial charge in [-0.2, -0.15) is 0 Å². The highest BCUT2D eigenvalue weighted by atomic mass is 32.2. The SMILES string of the molecule is C[C@@H](NC(=O)c1cc(CNCC(N)(CO)Cc2ccccc2)cc(N(C)S(C)(=O)=O)c1)c1ccc(F)cc1. The van der Waals surface area contributed by atoms with Gasteiger partial charge in [0.05, 0.1) is 30.1 Å². The van der Waals surface area contributed by atoms with Gasteiger partial charge in [-0.1, -0.05) is 42.5 Å². The molecule has 8 nitrogen and oxygen atoms in total. The first-order chi connectivity index (χ1) is 17.9. The smallest absolute Gasteiger partial charge is 0.251 e. The molecular formula is C28H35FN4O4S. The van der Waals surface area contributed by atoms with Gasteiger partial charge in [0, 0.05) is 25.7 Å². The molecule has 0 aromatic heterocycles. The van der Waals surface area contributed by atoms with Gasteiger partial charge in [0.15, 0.2) is 0 Å². The van der Waals surface area contributed by atoms with E-state index in [0.717, 1.165) is 21.7 Å². The van der Waals surface area contributed by atoms with Gasteiger partial charge in [0.25, 0.3) is 5.91 Å². The number of nitrogens with two attached hydrogens (primary N) is 1. The molecule has 0 radical (unpaired) electrons. The first kappa shape index (κ1) is 29.2. The van der Waals surface area contributed by atoms with E-state index in [1.54, 1.807) is 31.2 Å². The van der Waals surface area contributed by atoms with E-state index in [9.17, 15) is 22.7 Å². The largest absolute Gasteiger partial charge is 0.394 e. The fourth-order valence-corrected chi connectivity index (χ4v) is 4.52. The second-order valence-electron chi connectivity index (χ2n) is 9.65. The average molecular weight is 543 g/mol. The fraction of sp³-hybridized carbons (Fsp3) is 0.321. The van der Waals surface area contributed by atoms with Crippen LogP contribution in [0, 0.1) is 5.82 Å². The molecule has 204 valence electrons. The number of hydrogen-bond donors (Lipinski definition) is 4. The van der Waals surface area contributed by atoms with Crippen LogP contribution in [0.4, 0.5) is 10.1 Å². The van der Waals surface area contributed by atoms with Crippen molar-refractivity contribution in [3.05, 3.63) is 101 Å². The van der Waals surface area contributed by atoms with E-state index in [2.05, 4.69) is 10.6 Å². The van der Waals surface area contributed by atoms with Crippen molar-refractivity contribution in [2.24, 2.45) is 5.73 Å². The molecular weight excluding hydrogens is 507 g/mol. The number of sulfonamides is 1. The van der Waals surface area contributed by atoms with Crippen molar-refractivity contribution < 1.29 is 22.7 Å². The van der Waals surface area contributed by atoms with Crippen LogP contribution >= 0.6 is 0 Å². The summed E-state index contributed by atoms with van der Waals surface area (Å²) >= 11 is 0. The van der Waals surface area contributed by atoms with Crippen LogP contribution in [0.15, 0.2) is 72.8 Å². The van der Waals surface area contributed by atoms with E-state index in [-0.39, 0.29) is 31.1 Å². The summed E-state index contributed by atoms with van der Waals surface area (Å²) in [6.45, 7) is 2.11. The number of carbonyl (C=O) groups excluding carboxylic acids is 1. The number of nitrogens with one attached hydrogen (secondary N) is 2. The van der Waals surface area contributed by atoms with Crippen molar-refractivity contribution >= 4 is 21.6 Å². The van der Waals surface area contributed by atoms with Gasteiger partial charge >= 0.3 is 0 Å². The zero-order valence-corrected chi connectivity index (χ0v) is 22.6. The number of aliphatic hydroxyl groups excluding tert-OH is 1. The molecule has 0 saturated carbocycles. The third-order valence-electron chi connectivity index (χ3n) is 6.34. The van der Waals surface area contributed by atoms with Crippen molar-refractivity contribution in [3.63, 3.8) is 0 Å². The monoisotopic (exact) mass is 542 g/mol. The van der Waals surface area contributed by atoms with Gasteiger partial charge in [-0.15, -0.1) is 0 Å². The number of aliphatic hydroxyl groups is 1. The molecule has 10 heteroatoms. The molecule has 0 fully saturated rings. The molecule has 1 unspecified atom stereocenters. The van der Waals surface area contributed by atoms with Crippen LogP contribution in [0.3, 0.4) is 0 Å². The maximum Gasteiger partial charge on any atom is 0.251 e. The number of anilines is 1. The topological polar surface area (TPSA) is 125 Å². The molecule has 0 heterocycles. The molecule has 0 bridgehead atoms. The highest BCUT2D eigenvalue weighted by molar-refractivity contribution is 7.92. The molecule has 3 aromatic carbocycles. The maximum absolute atomic E-state index is 13.3. The Morgan fingerprint density at radius 3 is 2.34 bits per heavy atom. The van der Waals surface area contributed by atoms with Crippen LogP contribution in [0.1, 0.15) is 40.0 Å². The van der Waals surface area contributed by atoms with E-state index >= 15 is 0 Å². The molecule has 38 heavy (non-hydrogen) atoms. The van der Waals surface area contributed by atoms with Crippen LogP contribution < -0.4 is 20.7 Å². The zero-order valence-electron chi connectivity index (χ0n) is 21.8. The standard InChI is InChI=1S/C28H35FN4O4S/c1-20(23-9-11-25(29)12-10-23)32-27(35)24-13-22(14-26(15-24)33(2)38(3,36)37)17-31-18-28(30,19-34)16-21-7-5-4-6-8-21/h4-15,20,31,34H,16-19,30H2,1-3H3,(H,32,35)/t20-,28?/m1/s1. The van der Waals surface area contributed by atoms with E-state index in [4.69, 9.17) is 5.73 Å². The summed E-state index contributed by atoms with van der Waals surface area (Å²) in [6, 6.07) is 19.9. The number of amides is 1. The highest BCUT2D eigenvalue weighted by Crippen LogP contribution is 2.22. The van der Waals surface area contributed by atoms with Gasteiger partial charge in [0.2, 0.25) is 10.0 Å². The van der Waals surface area contributed by atoms with E-state index in [1.165, 1.54) is 25.2 Å². The number of rotatable bonds is 12. The predicted molar refractivity (Wildman–Crippen MR) is 148 cm³/mol. The first-order valence-corrected chi connectivity index (χ1v) is 14.0. The lowest BCUT2D eigenvalue weighted by Crippen LogP contribution is -2.53. The lowest BCUT2D eigenvalue weighted by atomic mass is 9.92. The maximum atomic E-state index is 13.3. The van der Waals surface area contributed by atoms with E-state index in [0.29, 0.717) is 17.7 Å². The van der Waals surface area contributed by atoms with Crippen LogP contribution in [-0.2, 0) is 23.0 Å². The third kappa shape index (κ3) is 8.09. The van der Waals surface area contributed by atoms with Gasteiger partial charge in [-0.3, -0.25) is 9.10 Å². The van der Waals surface area contributed by atoms with Crippen LogP contribution in [0.5, 0.6) is 0 Å². The summed E-state index contributed by atoms with van der Waals surface area (Å²) in [4.78, 5) is 13.1. The number of carbonyl (C=O) groups is 1. The Kier molecular flexibility index (Phi) is 9.61. The molecule has 0 spiro atoms. The Hall–Kier alpha value is -3.31. The molecule has 2 atom stereocenters. The lowest BCUT2D eigenvalue weighted by molar-refractivity contribution is 0.0939. The van der Waals surface area contributed by atoms with Crippen molar-refractivity contribution in [2.45, 2.75) is 31.5 Å². The number of halogens is 1. The number of nitrogens with zero attached hydrogens (tertiary/aromatic N) is 1. The fourth-order valence-electron chi connectivity index (χ4n) is 4.03. The molecule has 0 aliphatic heterocycles. The van der Waals surface area contributed by atoms with Crippen molar-refractivity contribution in [2.75, 3.05) is 30.8 Å². The summed E-state index contributed by atoms with van der Waals surface area (Å²) in [6.07, 6.45) is 1.55. The van der Waals surface area contributed by atoms with Crippen molar-refractivity contribution in [1.29, 1.82) is 0 Å². The van der Waals surface area contributed by atoms with E-state index in [1.807, 2.05) is 30.3 Å². The van der Waals surface area contributed by atoms with Crippen LogP contribution in [0.2, 0.25) is 0 Å². The third-order valence-corrected chi connectivity index (χ3v) is 7.54. The second-order valence-corrected chi connectivity index (χ2v) is 11.7. The Bertz CT molecular complexity index is 1340. The minimum atomic E-state index is -3.57. The molecule has 3 aromatic rings. The zero-order chi connectivity index (χ0) is 27.9. The second kappa shape index (κ2) is 12.5. The summed E-state index contributed by atoms with van der Waals surface area (Å²) in [7, 11) is -2.16. The molecule has 0 aliphatic carbocycles. The first-order valence-electron chi connectivity index (χ1n) is 12.2. The summed E-state index contributed by atoms with van der Waals surface area (Å²) in [5.41, 5.74) is 8.52. The van der Waals surface area contributed by atoms with Gasteiger partial charge in [-0.25, -0.2) is 12.8 Å².